The van der Waals surface area contributed by atoms with Crippen LogP contribution in [-0.2, 0) is 18.4 Å². The van der Waals surface area contributed by atoms with Gasteiger partial charge < -0.3 is 28.8 Å². The van der Waals surface area contributed by atoms with Gasteiger partial charge >= 0.3 is 0 Å². The molecule has 9 heteroatoms. The number of hydrogen-bond donors (Lipinski definition) is 2. The molecule has 74 heavy (non-hydrogen) atoms. The molecule has 0 aromatic heterocycles. The molecule has 0 aromatic carbocycles. The van der Waals surface area contributed by atoms with Crippen LogP contribution in [0.1, 0.15) is 296 Å². The SMILES string of the molecule is CC/C=C\C/C=C\C/C=C\C/C=C\CCCCCCCCCCCCCCCCC(=O)NC(COP(=O)([O-])OCC[N+](C)(C)C)C(O)/C=C/CCCCCCCCCCCCCCCCCCCCCCCCC. The summed E-state index contributed by atoms with van der Waals surface area (Å²) in [6.45, 7) is 4.57. The molecule has 0 spiro atoms. The minimum Gasteiger partial charge on any atom is -0.756 e. The fourth-order valence-electron chi connectivity index (χ4n) is 9.32. The van der Waals surface area contributed by atoms with Crippen molar-refractivity contribution in [3.63, 3.8) is 0 Å². The summed E-state index contributed by atoms with van der Waals surface area (Å²) >= 11 is 0. The van der Waals surface area contributed by atoms with Crippen LogP contribution >= 0.6 is 7.82 Å². The smallest absolute Gasteiger partial charge is 0.268 e. The second-order valence-electron chi connectivity index (χ2n) is 22.7. The minimum absolute atomic E-state index is 0.00169. The fraction of sp³-hybridized carbons (Fsp3) is 0.831. The Morgan fingerprint density at radius 1 is 0.486 bits per heavy atom. The lowest BCUT2D eigenvalue weighted by Gasteiger charge is -2.29. The maximum absolute atomic E-state index is 13.0. The lowest BCUT2D eigenvalue weighted by molar-refractivity contribution is -0.870. The number of nitrogens with zero attached hydrogens (tertiary/aromatic N) is 1. The molecule has 434 valence electrons. The van der Waals surface area contributed by atoms with Gasteiger partial charge in [0.05, 0.1) is 39.9 Å². The van der Waals surface area contributed by atoms with Crippen LogP contribution in [0.2, 0.25) is 0 Å². The molecular weight excluding hydrogens is 936 g/mol. The predicted octanol–water partition coefficient (Wildman–Crippen LogP) is 19.0. The van der Waals surface area contributed by atoms with Gasteiger partial charge in [-0.2, -0.15) is 0 Å². The Labute approximate surface area is 460 Å². The number of amides is 1. The number of carbonyl (C=O) groups is 1. The van der Waals surface area contributed by atoms with Crippen molar-refractivity contribution in [2.45, 2.75) is 309 Å². The van der Waals surface area contributed by atoms with Crippen LogP contribution in [0.5, 0.6) is 0 Å². The topological polar surface area (TPSA) is 108 Å². The van der Waals surface area contributed by atoms with Gasteiger partial charge in [0.25, 0.3) is 7.82 Å². The third-order valence-electron chi connectivity index (χ3n) is 14.2. The number of aliphatic hydroxyl groups is 1. The zero-order chi connectivity index (χ0) is 54.2. The number of aliphatic hydroxyl groups excluding tert-OH is 1. The summed E-state index contributed by atoms with van der Waals surface area (Å²) in [5, 5.41) is 13.9. The van der Waals surface area contributed by atoms with E-state index in [2.05, 4.69) is 67.8 Å². The van der Waals surface area contributed by atoms with E-state index in [4.69, 9.17) is 9.05 Å². The summed E-state index contributed by atoms with van der Waals surface area (Å²) < 4.78 is 23.4. The van der Waals surface area contributed by atoms with Crippen molar-refractivity contribution in [2.75, 3.05) is 40.9 Å². The number of allylic oxidation sites excluding steroid dienone is 9. The van der Waals surface area contributed by atoms with Gasteiger partial charge in [-0.05, 0) is 57.8 Å². The largest absolute Gasteiger partial charge is 0.756 e. The van der Waals surface area contributed by atoms with Gasteiger partial charge in [0, 0.05) is 6.42 Å². The van der Waals surface area contributed by atoms with Gasteiger partial charge in [0.15, 0.2) is 0 Å². The molecule has 3 unspecified atom stereocenters. The van der Waals surface area contributed by atoms with Crippen molar-refractivity contribution in [1.82, 2.24) is 5.32 Å². The quantitative estimate of drug-likeness (QED) is 0.0272. The summed E-state index contributed by atoms with van der Waals surface area (Å²) in [6, 6.07) is -0.890. The first kappa shape index (κ1) is 72.2. The molecule has 8 nitrogen and oxygen atoms in total. The van der Waals surface area contributed by atoms with Gasteiger partial charge in [-0.25, -0.2) is 0 Å². The monoisotopic (exact) mass is 1060 g/mol. The number of likely N-dealkylation sites (N-methyl/N-ethyl adjacent to an activating group) is 1. The van der Waals surface area contributed by atoms with E-state index in [1.807, 2.05) is 27.2 Å². The van der Waals surface area contributed by atoms with Crippen molar-refractivity contribution < 1.29 is 32.9 Å². The third kappa shape index (κ3) is 57.9. The van der Waals surface area contributed by atoms with Crippen molar-refractivity contribution in [3.05, 3.63) is 60.8 Å². The van der Waals surface area contributed by atoms with Gasteiger partial charge in [0.2, 0.25) is 5.91 Å². The van der Waals surface area contributed by atoms with Crippen LogP contribution in [-0.4, -0.2) is 68.5 Å². The molecule has 0 bridgehead atoms. The van der Waals surface area contributed by atoms with E-state index in [0.717, 1.165) is 64.2 Å². The molecule has 0 fully saturated rings. The second kappa shape index (κ2) is 55.9. The molecule has 2 N–H and O–H groups in total. The molecule has 0 aromatic rings. The van der Waals surface area contributed by atoms with E-state index in [9.17, 15) is 19.4 Å². The second-order valence-corrected chi connectivity index (χ2v) is 24.1. The average Bonchev–Trinajstić information content (AvgIpc) is 3.36. The molecule has 0 aliphatic carbocycles. The Morgan fingerprint density at radius 3 is 1.20 bits per heavy atom. The number of hydrogen-bond acceptors (Lipinski definition) is 6. The van der Waals surface area contributed by atoms with Crippen molar-refractivity contribution in [2.24, 2.45) is 0 Å². The van der Waals surface area contributed by atoms with E-state index < -0.39 is 20.0 Å². The van der Waals surface area contributed by atoms with Gasteiger partial charge in [0.1, 0.15) is 13.2 Å². The molecule has 0 radical (unpaired) electrons. The van der Waals surface area contributed by atoms with Crippen molar-refractivity contribution in [1.29, 1.82) is 0 Å². The van der Waals surface area contributed by atoms with E-state index in [1.165, 1.54) is 212 Å². The normalized spacial score (nSPS) is 14.2. The number of quaternary nitrogens is 1. The molecule has 0 saturated carbocycles. The van der Waals surface area contributed by atoms with Gasteiger partial charge in [-0.1, -0.05) is 293 Å². The van der Waals surface area contributed by atoms with E-state index in [0.29, 0.717) is 17.4 Å². The molecule has 0 aliphatic rings. The Morgan fingerprint density at radius 2 is 0.824 bits per heavy atom. The van der Waals surface area contributed by atoms with Crippen molar-refractivity contribution in [3.8, 4) is 0 Å². The van der Waals surface area contributed by atoms with Crippen LogP contribution in [0.4, 0.5) is 0 Å². The lowest BCUT2D eigenvalue weighted by atomic mass is 10.0. The lowest BCUT2D eigenvalue weighted by Crippen LogP contribution is -2.45. The molecule has 3 atom stereocenters. The first-order valence-corrected chi connectivity index (χ1v) is 33.1. The van der Waals surface area contributed by atoms with E-state index >= 15 is 0 Å². The van der Waals surface area contributed by atoms with Crippen LogP contribution in [0.3, 0.4) is 0 Å². The van der Waals surface area contributed by atoms with Crippen LogP contribution in [0, 0.1) is 0 Å². The molecule has 0 heterocycles. The molecule has 0 aliphatic heterocycles. The third-order valence-corrected chi connectivity index (χ3v) is 15.2. The summed E-state index contributed by atoms with van der Waals surface area (Å²) in [4.78, 5) is 25.6. The summed E-state index contributed by atoms with van der Waals surface area (Å²) in [6.07, 6.45) is 76.0. The highest BCUT2D eigenvalue weighted by molar-refractivity contribution is 7.45. The zero-order valence-corrected chi connectivity index (χ0v) is 50.4. The fourth-order valence-corrected chi connectivity index (χ4v) is 10.0. The summed E-state index contributed by atoms with van der Waals surface area (Å²) in [5.74, 6) is -0.196. The summed E-state index contributed by atoms with van der Waals surface area (Å²) in [5.41, 5.74) is 0. The van der Waals surface area contributed by atoms with Crippen LogP contribution < -0.4 is 10.2 Å². The Kier molecular flexibility index (Phi) is 54.6. The minimum atomic E-state index is -4.60. The number of rotatable bonds is 58. The van der Waals surface area contributed by atoms with E-state index in [1.54, 1.807) is 6.08 Å². The Bertz CT molecular complexity index is 1390. The zero-order valence-electron chi connectivity index (χ0n) is 49.5. The number of unbranched alkanes of at least 4 members (excludes halogenated alkanes) is 37. The highest BCUT2D eigenvalue weighted by atomic mass is 31.2. The molecule has 0 rings (SSSR count). The number of nitrogens with one attached hydrogen (secondary N) is 1. The maximum Gasteiger partial charge on any atom is 0.268 e. The first-order valence-electron chi connectivity index (χ1n) is 31.7. The van der Waals surface area contributed by atoms with Crippen LogP contribution in [0.15, 0.2) is 60.8 Å². The van der Waals surface area contributed by atoms with Crippen molar-refractivity contribution >= 4 is 13.7 Å². The number of phosphoric ester groups is 1. The molecule has 1 amide bonds. The standard InChI is InChI=1S/C65H123N2O6P/c1-6-8-10-12-14-16-18-20-22-24-26-28-30-32-33-35-37-39-41-43-45-47-49-51-53-55-57-59-65(69)66-63(62-73-74(70,71)72-61-60-67(3,4)5)64(68)58-56-54-52-50-48-46-44-42-40-38-36-34-31-29-27-25-23-21-19-17-15-13-11-9-7-2/h8,10,14,16,20,22,26,28,56,58,63-64,68H,6-7,9,11-13,15,17-19,21,23-25,27,29-55,57,59-62H2,1-5H3,(H-,66,69,70,71)/b10-8-,16-14-,22-20-,28-26-,58-56+. The molecular formula is C65H123N2O6P. The molecule has 0 saturated heterocycles. The first-order chi connectivity index (χ1) is 36.0. The van der Waals surface area contributed by atoms with E-state index in [-0.39, 0.29) is 19.1 Å². The predicted molar refractivity (Wildman–Crippen MR) is 321 cm³/mol. The maximum atomic E-state index is 13.0. The summed E-state index contributed by atoms with van der Waals surface area (Å²) in [7, 11) is 1.27. The Hall–Kier alpha value is -1.80. The Balaban J connectivity index is 4.14. The van der Waals surface area contributed by atoms with Crippen LogP contribution in [0.25, 0.3) is 0 Å². The van der Waals surface area contributed by atoms with Gasteiger partial charge in [-0.15, -0.1) is 0 Å². The highest BCUT2D eigenvalue weighted by Gasteiger charge is 2.23. The number of carbonyl (C=O) groups excluding carboxylic acids is 1. The average molecular weight is 1060 g/mol. The highest BCUT2D eigenvalue weighted by Crippen LogP contribution is 2.38. The van der Waals surface area contributed by atoms with Gasteiger partial charge in [-0.3, -0.25) is 9.36 Å². The number of phosphoric acid groups is 1.